The first-order chi connectivity index (χ1) is 14.6. The molecule has 1 N–H and O–H groups in total. The number of anilines is 1. The predicted octanol–water partition coefficient (Wildman–Crippen LogP) is 6.11. The summed E-state index contributed by atoms with van der Waals surface area (Å²) in [6.45, 7) is 2.05. The largest absolute Gasteiger partial charge is 0.265 e. The fourth-order valence-corrected chi connectivity index (χ4v) is 4.29. The molecule has 0 aliphatic carbocycles. The maximum Gasteiger partial charge on any atom is 0.203 e. The van der Waals surface area contributed by atoms with Gasteiger partial charge in [-0.15, -0.1) is 10.2 Å². The van der Waals surface area contributed by atoms with Crippen molar-refractivity contribution in [3.8, 4) is 22.8 Å². The van der Waals surface area contributed by atoms with Gasteiger partial charge in [-0.25, -0.2) is 9.66 Å². The average Bonchev–Trinajstić information content (AvgIpc) is 3.33. The molecule has 0 radical (unpaired) electrons. The quantitative estimate of drug-likeness (QED) is 0.356. The van der Waals surface area contributed by atoms with Gasteiger partial charge in [-0.1, -0.05) is 64.4 Å². The second-order valence-corrected chi connectivity index (χ2v) is 8.50. The summed E-state index contributed by atoms with van der Waals surface area (Å²) in [6.07, 6.45) is 3.47. The van der Waals surface area contributed by atoms with Gasteiger partial charge in [-0.3, -0.25) is 10.4 Å². The number of hydrogen-bond donors (Lipinski definition) is 1. The summed E-state index contributed by atoms with van der Waals surface area (Å²) in [5.41, 5.74) is 7.06. The minimum absolute atomic E-state index is 0.474. The monoisotopic (exact) mass is 452 g/mol. The van der Waals surface area contributed by atoms with E-state index in [4.69, 9.17) is 23.2 Å². The van der Waals surface area contributed by atoms with Gasteiger partial charge in [0.1, 0.15) is 0 Å². The van der Waals surface area contributed by atoms with Crippen LogP contribution in [0, 0.1) is 6.92 Å². The van der Waals surface area contributed by atoms with E-state index in [9.17, 15) is 0 Å². The number of aromatic nitrogens is 5. The van der Waals surface area contributed by atoms with E-state index in [0.29, 0.717) is 26.8 Å². The first-order valence-electron chi connectivity index (χ1n) is 9.04. The Bertz CT molecular complexity index is 1310. The maximum atomic E-state index is 6.16. The van der Waals surface area contributed by atoms with E-state index in [0.717, 1.165) is 21.3 Å². The fourth-order valence-electron chi connectivity index (χ4n) is 3.03. The van der Waals surface area contributed by atoms with Gasteiger partial charge in [0.05, 0.1) is 20.3 Å². The molecule has 6 nitrogen and oxygen atoms in total. The molecule has 3 aromatic heterocycles. The third kappa shape index (κ3) is 3.52. The molecule has 0 amide bonds. The number of thiazole rings is 1. The third-order valence-corrected chi connectivity index (χ3v) is 6.18. The molecule has 0 bridgehead atoms. The molecule has 5 rings (SSSR count). The van der Waals surface area contributed by atoms with Crippen molar-refractivity contribution in [2.45, 2.75) is 6.92 Å². The summed E-state index contributed by atoms with van der Waals surface area (Å²) >= 11 is 13.8. The van der Waals surface area contributed by atoms with E-state index in [2.05, 4.69) is 25.6 Å². The Kier molecular flexibility index (Phi) is 4.86. The van der Waals surface area contributed by atoms with E-state index < -0.39 is 0 Å². The number of rotatable bonds is 4. The molecule has 0 unspecified atom stereocenters. The highest BCUT2D eigenvalue weighted by Gasteiger charge is 2.18. The summed E-state index contributed by atoms with van der Waals surface area (Å²) in [7, 11) is 0. The molecule has 0 saturated carbocycles. The van der Waals surface area contributed by atoms with Crippen molar-refractivity contribution >= 4 is 49.9 Å². The van der Waals surface area contributed by atoms with Crippen LogP contribution in [0.15, 0.2) is 60.9 Å². The Morgan fingerprint density at radius 3 is 2.40 bits per heavy atom. The van der Waals surface area contributed by atoms with E-state index in [1.807, 2.05) is 54.1 Å². The number of fused-ring (bicyclic) bond motifs is 1. The Labute approximate surface area is 186 Å². The molecule has 0 atom stereocenters. The molecule has 0 fully saturated rings. The smallest absolute Gasteiger partial charge is 0.203 e. The highest BCUT2D eigenvalue weighted by molar-refractivity contribution is 7.22. The first-order valence-corrected chi connectivity index (χ1v) is 10.6. The molecule has 0 aliphatic heterocycles. The molecule has 0 saturated heterocycles. The van der Waals surface area contributed by atoms with Gasteiger partial charge in [0, 0.05) is 23.5 Å². The van der Waals surface area contributed by atoms with Gasteiger partial charge in [-0.05, 0) is 31.2 Å². The first kappa shape index (κ1) is 19.0. The van der Waals surface area contributed by atoms with Gasteiger partial charge in [0.2, 0.25) is 5.13 Å². The Morgan fingerprint density at radius 2 is 1.67 bits per heavy atom. The van der Waals surface area contributed by atoms with Crippen molar-refractivity contribution in [3.63, 3.8) is 0 Å². The molecular formula is C21H14Cl2N6S. The molecule has 3 heterocycles. The van der Waals surface area contributed by atoms with E-state index in [-0.39, 0.29) is 0 Å². The zero-order valence-corrected chi connectivity index (χ0v) is 18.0. The summed E-state index contributed by atoms with van der Waals surface area (Å²) in [4.78, 5) is 8.85. The van der Waals surface area contributed by atoms with Gasteiger partial charge in [0.25, 0.3) is 0 Å². The predicted molar refractivity (Wildman–Crippen MR) is 122 cm³/mol. The second kappa shape index (κ2) is 7.68. The third-order valence-electron chi connectivity index (χ3n) is 4.53. The van der Waals surface area contributed by atoms with Crippen LogP contribution in [0.3, 0.4) is 0 Å². The molecule has 5 aromatic rings. The van der Waals surface area contributed by atoms with Crippen molar-refractivity contribution in [2.75, 3.05) is 5.43 Å². The standard InChI is InChI=1S/C21H14Cl2N6S/c1-12-4-6-13(7-5-12)19-26-27-20(14-3-2-8-24-11-14)29(19)28-21-25-17-9-15(22)16(23)10-18(17)30-21/h2-11H,1H3,(H,25,28). The van der Waals surface area contributed by atoms with Crippen molar-refractivity contribution in [1.29, 1.82) is 0 Å². The highest BCUT2D eigenvalue weighted by Crippen LogP contribution is 2.34. The SMILES string of the molecule is Cc1ccc(-c2nnc(-c3cccnc3)n2Nc2nc3cc(Cl)c(Cl)cc3s2)cc1. The molecule has 9 heteroatoms. The van der Waals surface area contributed by atoms with Crippen LogP contribution in [0.4, 0.5) is 5.13 Å². The van der Waals surface area contributed by atoms with Gasteiger partial charge < -0.3 is 0 Å². The van der Waals surface area contributed by atoms with Crippen molar-refractivity contribution in [3.05, 3.63) is 76.5 Å². The summed E-state index contributed by atoms with van der Waals surface area (Å²) in [5, 5.41) is 10.5. The van der Waals surface area contributed by atoms with Crippen LogP contribution >= 0.6 is 34.5 Å². The number of nitrogens with one attached hydrogen (secondary N) is 1. The summed E-state index contributed by atoms with van der Waals surface area (Å²) in [6, 6.07) is 15.5. The number of benzene rings is 2. The lowest BCUT2D eigenvalue weighted by atomic mass is 10.1. The van der Waals surface area contributed by atoms with Crippen LogP contribution in [-0.2, 0) is 0 Å². The lowest BCUT2D eigenvalue weighted by molar-refractivity contribution is 0.965. The Morgan fingerprint density at radius 1 is 0.933 bits per heavy atom. The van der Waals surface area contributed by atoms with Crippen molar-refractivity contribution < 1.29 is 0 Å². The van der Waals surface area contributed by atoms with Crippen LogP contribution in [0.1, 0.15) is 5.56 Å². The molecule has 148 valence electrons. The number of halogens is 2. The van der Waals surface area contributed by atoms with Crippen LogP contribution < -0.4 is 5.43 Å². The highest BCUT2D eigenvalue weighted by atomic mass is 35.5. The van der Waals surface area contributed by atoms with Crippen LogP contribution in [0.5, 0.6) is 0 Å². The minimum atomic E-state index is 0.474. The number of nitrogens with zero attached hydrogens (tertiary/aromatic N) is 5. The molecule has 30 heavy (non-hydrogen) atoms. The van der Waals surface area contributed by atoms with Gasteiger partial charge in [0.15, 0.2) is 11.6 Å². The van der Waals surface area contributed by atoms with E-state index in [1.54, 1.807) is 18.5 Å². The zero-order chi connectivity index (χ0) is 20.7. The zero-order valence-electron chi connectivity index (χ0n) is 15.7. The normalized spacial score (nSPS) is 11.2. The van der Waals surface area contributed by atoms with Crippen molar-refractivity contribution in [1.82, 2.24) is 24.8 Å². The van der Waals surface area contributed by atoms with E-state index in [1.165, 1.54) is 16.9 Å². The second-order valence-electron chi connectivity index (χ2n) is 6.66. The summed E-state index contributed by atoms with van der Waals surface area (Å²) < 4.78 is 2.75. The molecule has 2 aromatic carbocycles. The summed E-state index contributed by atoms with van der Waals surface area (Å²) in [5.74, 6) is 1.30. The number of hydrogen-bond acceptors (Lipinski definition) is 6. The number of pyridine rings is 1. The molecular weight excluding hydrogens is 439 g/mol. The molecule has 0 aliphatic rings. The van der Waals surface area contributed by atoms with Crippen LogP contribution in [-0.4, -0.2) is 24.8 Å². The lowest BCUT2D eigenvalue weighted by Crippen LogP contribution is -2.12. The lowest BCUT2D eigenvalue weighted by Gasteiger charge is -2.11. The van der Waals surface area contributed by atoms with Crippen molar-refractivity contribution in [2.24, 2.45) is 0 Å². The Hall–Kier alpha value is -3.00. The maximum absolute atomic E-state index is 6.16. The molecule has 0 spiro atoms. The van der Waals surface area contributed by atoms with Crippen LogP contribution in [0.25, 0.3) is 33.0 Å². The van der Waals surface area contributed by atoms with Gasteiger partial charge in [-0.2, -0.15) is 0 Å². The van der Waals surface area contributed by atoms with Crippen LogP contribution in [0.2, 0.25) is 10.0 Å². The fraction of sp³-hybridized carbons (Fsp3) is 0.0476. The minimum Gasteiger partial charge on any atom is -0.265 e. The number of aryl methyl sites for hydroxylation is 1. The average molecular weight is 453 g/mol. The van der Waals surface area contributed by atoms with Gasteiger partial charge >= 0.3 is 0 Å². The van der Waals surface area contributed by atoms with E-state index >= 15 is 0 Å². The Balaban J connectivity index is 1.63. The topological polar surface area (TPSA) is 68.5 Å².